The van der Waals surface area contributed by atoms with Gasteiger partial charge in [0, 0.05) is 166 Å². The van der Waals surface area contributed by atoms with E-state index in [-0.39, 0.29) is 60.1 Å². The maximum atomic E-state index is 13.2. The minimum atomic E-state index is -2.97. The summed E-state index contributed by atoms with van der Waals surface area (Å²) in [5, 5.41) is 0.477. The van der Waals surface area contributed by atoms with E-state index in [2.05, 4.69) is 65.7 Å². The lowest BCUT2D eigenvalue weighted by Crippen LogP contribution is -2.11. The number of aryl methyl sites for hydroxylation is 7. The number of aromatic nitrogens is 12. The molecule has 20 nitrogen and oxygen atoms in total. The molecule has 0 radical (unpaired) electrons. The SMILES string of the molecule is C#Cc1ccc(CC(=O)c2cc(Oc3cccnc3)cc(C)n2)nc1.Cc1cc(Oc2cccnc2)cc(C(=O)Cc2ccc(C(C)(F)F)cn2)n1.Cc1ccc(Oc2cc(C)nc(C(=O)Cc3cccc(C)n3)c2)cn1.Cc1cccc(CC(=O)c2cc(Oc3cncc(Cl)c3)cc(C)n2)n1. The van der Waals surface area contributed by atoms with Crippen LogP contribution < -0.4 is 18.9 Å². The summed E-state index contributed by atoms with van der Waals surface area (Å²) >= 11 is 5.91. The third-order valence-corrected chi connectivity index (χ3v) is 14.4. The van der Waals surface area contributed by atoms with Gasteiger partial charge in [-0.05, 0) is 133 Å². The number of terminal acetylenes is 1. The number of hydrogen-bond donors (Lipinski definition) is 0. The molecule has 512 valence electrons. The van der Waals surface area contributed by atoms with Gasteiger partial charge in [0.2, 0.25) is 0 Å². The minimum absolute atomic E-state index is 0.0433. The van der Waals surface area contributed by atoms with Crippen LogP contribution in [0.2, 0.25) is 5.02 Å². The summed E-state index contributed by atoms with van der Waals surface area (Å²) in [6, 6.07) is 43.3. The van der Waals surface area contributed by atoms with Crippen LogP contribution in [0.25, 0.3) is 0 Å². The Balaban J connectivity index is 0.000000158. The van der Waals surface area contributed by atoms with Crippen LogP contribution in [0.1, 0.15) is 123 Å². The molecule has 12 rings (SSSR count). The molecule has 0 saturated carbocycles. The van der Waals surface area contributed by atoms with Crippen molar-refractivity contribution >= 4 is 34.7 Å². The van der Waals surface area contributed by atoms with Crippen molar-refractivity contribution in [3.05, 3.63) is 309 Å². The average molecular weight is 1390 g/mol. The van der Waals surface area contributed by atoms with Crippen LogP contribution in [0.15, 0.2) is 207 Å². The van der Waals surface area contributed by atoms with E-state index >= 15 is 0 Å². The number of halogens is 3. The monoisotopic (exact) mass is 1380 g/mol. The highest BCUT2D eigenvalue weighted by Gasteiger charge is 2.25. The van der Waals surface area contributed by atoms with Gasteiger partial charge >= 0.3 is 0 Å². The fourth-order valence-electron chi connectivity index (χ4n) is 9.50. The molecule has 12 aromatic rings. The number of Topliss-reactive ketones (excluding diaryl/α,β-unsaturated/α-hetero) is 4. The number of ketones is 4. The van der Waals surface area contributed by atoms with Gasteiger partial charge in [0.1, 0.15) is 68.8 Å². The van der Waals surface area contributed by atoms with Crippen LogP contribution in [0, 0.1) is 60.8 Å². The van der Waals surface area contributed by atoms with Crippen molar-refractivity contribution in [2.45, 2.75) is 87.0 Å². The lowest BCUT2D eigenvalue weighted by molar-refractivity contribution is 0.0170. The third kappa shape index (κ3) is 23.3. The molecule has 0 aliphatic heterocycles. The van der Waals surface area contributed by atoms with E-state index < -0.39 is 5.92 Å². The molecule has 23 heteroatoms. The molecule has 0 aliphatic carbocycles. The Bertz CT molecular complexity index is 4950. The summed E-state index contributed by atoms with van der Waals surface area (Å²) < 4.78 is 49.5. The number of ether oxygens (including phenoxy) is 4. The molecular weight excluding hydrogens is 1320 g/mol. The van der Waals surface area contributed by atoms with Gasteiger partial charge < -0.3 is 18.9 Å². The van der Waals surface area contributed by atoms with E-state index in [0.717, 1.165) is 47.3 Å². The molecule has 0 atom stereocenters. The van der Waals surface area contributed by atoms with E-state index in [1.807, 2.05) is 90.1 Å². The molecule has 102 heavy (non-hydrogen) atoms. The number of carbonyl (C=O) groups is 4. The van der Waals surface area contributed by atoms with Crippen molar-refractivity contribution in [1.29, 1.82) is 0 Å². The minimum Gasteiger partial charge on any atom is -0.456 e. The van der Waals surface area contributed by atoms with Crippen molar-refractivity contribution in [3.63, 3.8) is 0 Å². The highest BCUT2D eigenvalue weighted by atomic mass is 35.5. The summed E-state index contributed by atoms with van der Waals surface area (Å²) in [7, 11) is 0. The van der Waals surface area contributed by atoms with Crippen molar-refractivity contribution in [2.75, 3.05) is 0 Å². The molecule has 0 aromatic carbocycles. The van der Waals surface area contributed by atoms with E-state index in [0.29, 0.717) is 102 Å². The van der Waals surface area contributed by atoms with Crippen molar-refractivity contribution in [3.8, 4) is 58.3 Å². The molecule has 0 amide bonds. The third-order valence-electron chi connectivity index (χ3n) is 14.2. The Kier molecular flexibility index (Phi) is 25.4. The lowest BCUT2D eigenvalue weighted by Gasteiger charge is -2.10. The first kappa shape index (κ1) is 73.6. The van der Waals surface area contributed by atoms with Gasteiger partial charge in [-0.2, -0.15) is 0 Å². The molecule has 0 saturated heterocycles. The summed E-state index contributed by atoms with van der Waals surface area (Å²) in [6.45, 7) is 13.7. The van der Waals surface area contributed by atoms with Crippen LogP contribution in [0.5, 0.6) is 46.0 Å². The van der Waals surface area contributed by atoms with Gasteiger partial charge in [0.25, 0.3) is 5.92 Å². The smallest absolute Gasteiger partial charge is 0.272 e. The Morgan fingerprint density at radius 2 is 0.794 bits per heavy atom. The number of carbonyl (C=O) groups excluding carboxylic acids is 4. The number of hydrogen-bond acceptors (Lipinski definition) is 20. The predicted octanol–water partition coefficient (Wildman–Crippen LogP) is 16.3. The van der Waals surface area contributed by atoms with E-state index in [9.17, 15) is 28.0 Å². The van der Waals surface area contributed by atoms with Crippen molar-refractivity contribution in [1.82, 2.24) is 59.8 Å². The van der Waals surface area contributed by atoms with Crippen LogP contribution in [-0.2, 0) is 31.6 Å². The summed E-state index contributed by atoms with van der Waals surface area (Å²) in [5.41, 5.74) is 9.64. The highest BCUT2D eigenvalue weighted by molar-refractivity contribution is 6.30. The van der Waals surface area contributed by atoms with Gasteiger partial charge in [-0.25, -0.2) is 28.7 Å². The van der Waals surface area contributed by atoms with Gasteiger partial charge in [0.15, 0.2) is 23.1 Å². The summed E-state index contributed by atoms with van der Waals surface area (Å²) in [6.07, 6.45) is 19.7. The molecule has 12 aromatic heterocycles. The molecule has 0 aliphatic rings. The van der Waals surface area contributed by atoms with Crippen LogP contribution >= 0.6 is 11.6 Å². The van der Waals surface area contributed by atoms with Gasteiger partial charge in [-0.15, -0.1) is 6.42 Å². The molecule has 0 N–H and O–H groups in total. The molecule has 0 unspecified atom stereocenters. The first-order valence-electron chi connectivity index (χ1n) is 31.7. The largest absolute Gasteiger partial charge is 0.456 e. The first-order chi connectivity index (χ1) is 48.9. The Hall–Kier alpha value is -12.6. The van der Waals surface area contributed by atoms with Crippen molar-refractivity contribution in [2.24, 2.45) is 0 Å². The fraction of sp³-hybridized carbons (Fsp3) is 0.165. The van der Waals surface area contributed by atoms with Crippen molar-refractivity contribution < 1.29 is 46.9 Å². The lowest BCUT2D eigenvalue weighted by atomic mass is 10.1. The number of alkyl halides is 2. The Morgan fingerprint density at radius 1 is 0.382 bits per heavy atom. The molecular formula is C79H67ClF2N12O8. The van der Waals surface area contributed by atoms with Gasteiger partial charge in [0.05, 0.1) is 55.5 Å². The molecule has 0 spiro atoms. The van der Waals surface area contributed by atoms with Gasteiger partial charge in [-0.1, -0.05) is 29.7 Å². The normalized spacial score (nSPS) is 10.6. The Morgan fingerprint density at radius 3 is 1.15 bits per heavy atom. The number of pyridine rings is 12. The average Bonchev–Trinajstić information content (AvgIpc) is 0.858. The van der Waals surface area contributed by atoms with E-state index in [1.165, 1.54) is 24.4 Å². The maximum Gasteiger partial charge on any atom is 0.272 e. The van der Waals surface area contributed by atoms with Crippen LogP contribution in [-0.4, -0.2) is 82.9 Å². The predicted molar refractivity (Wildman–Crippen MR) is 379 cm³/mol. The van der Waals surface area contributed by atoms with Gasteiger partial charge in [-0.3, -0.25) is 59.0 Å². The topological polar surface area (TPSA) is 260 Å². The van der Waals surface area contributed by atoms with Crippen LogP contribution in [0.4, 0.5) is 8.78 Å². The number of nitrogens with zero attached hydrogens (tertiary/aromatic N) is 12. The first-order valence-corrected chi connectivity index (χ1v) is 32.0. The molecule has 12 heterocycles. The molecule has 0 fully saturated rings. The van der Waals surface area contributed by atoms with E-state index in [1.54, 1.807) is 135 Å². The zero-order chi connectivity index (χ0) is 72.7. The highest BCUT2D eigenvalue weighted by Crippen LogP contribution is 2.29. The van der Waals surface area contributed by atoms with E-state index in [4.69, 9.17) is 37.0 Å². The fourth-order valence-corrected chi connectivity index (χ4v) is 9.66. The number of rotatable bonds is 21. The second-order valence-electron chi connectivity index (χ2n) is 23.1. The standard InChI is InChI=1S/C20H17F2N3O2.C20H19N3O2.C20H15N3O2.C19H16ClN3O2/c1-13-8-17(27-16-4-3-7-23-12-16)10-18(25-13)19(26)9-15-6-5-14(11-24-15)20(2,21)22;1-13-7-8-17(12-21-13)25-18-9-15(3)23-19(11-18)20(24)10-16-6-4-5-14(2)22-16;1-3-15-6-7-16(22-12-15)10-20(24)19-11-18(9-14(2)23-19)25-17-5-4-8-21-13-17;1-12-4-3-5-15(22-12)8-19(24)18-9-16(6-13(2)23-18)25-17-7-14(20)10-21-11-17/h3-8,10-12H,9H2,1-2H3;4-9,11-12H,10H2,1-3H3;1,4-9,11-13H,10H2,2H3;3-7,9-11H,8H2,1-2H3. The summed E-state index contributed by atoms with van der Waals surface area (Å²) in [4.78, 5) is 100. The maximum absolute atomic E-state index is 13.2. The second kappa shape index (κ2) is 35.2. The Labute approximate surface area is 592 Å². The van der Waals surface area contributed by atoms with Crippen LogP contribution in [0.3, 0.4) is 0 Å². The molecule has 0 bridgehead atoms. The zero-order valence-corrected chi connectivity index (χ0v) is 57.6. The quantitative estimate of drug-likeness (QED) is 0.0478. The second-order valence-corrected chi connectivity index (χ2v) is 23.6. The summed E-state index contributed by atoms with van der Waals surface area (Å²) in [5.74, 6) is 3.25. The zero-order valence-electron chi connectivity index (χ0n) is 56.8.